The van der Waals surface area contributed by atoms with Crippen LogP contribution < -0.4 is 11.2 Å². The van der Waals surface area contributed by atoms with E-state index in [4.69, 9.17) is 17.3 Å². The summed E-state index contributed by atoms with van der Waals surface area (Å²) >= 11 is 5.84. The van der Waals surface area contributed by atoms with Crippen LogP contribution in [0.2, 0.25) is 5.02 Å². The predicted octanol–water partition coefficient (Wildman–Crippen LogP) is 2.39. The number of halogens is 1. The molecule has 2 aromatic rings. The minimum absolute atomic E-state index is 0.109. The summed E-state index contributed by atoms with van der Waals surface area (Å²) in [6, 6.07) is 11.1. The minimum atomic E-state index is -0.514. The van der Waals surface area contributed by atoms with E-state index in [1.165, 1.54) is 18.3 Å². The zero-order valence-electron chi connectivity index (χ0n) is 10.4. The molecule has 0 saturated heterocycles. The number of benzene rings is 2. The number of nitrogens with zero attached hydrogens (tertiary/aromatic N) is 1. The molecule has 0 atom stereocenters. The number of hydrazone groups is 1. The summed E-state index contributed by atoms with van der Waals surface area (Å²) < 4.78 is 0. The monoisotopic (exact) mass is 289 g/mol. The predicted molar refractivity (Wildman–Crippen MR) is 79.0 cm³/mol. The third-order valence-electron chi connectivity index (χ3n) is 2.57. The minimum Gasteiger partial charge on any atom is -0.507 e. The number of carbonyl (C=O) groups excluding carboxylic acids is 1. The van der Waals surface area contributed by atoms with Gasteiger partial charge in [0, 0.05) is 16.3 Å². The summed E-state index contributed by atoms with van der Waals surface area (Å²) in [4.78, 5) is 11.8. The fraction of sp³-hybridized carbons (Fsp3) is 0. The second-order valence-electron chi connectivity index (χ2n) is 3.99. The van der Waals surface area contributed by atoms with Crippen molar-refractivity contribution in [1.82, 2.24) is 5.43 Å². The maximum absolute atomic E-state index is 11.8. The molecular formula is C14H12ClN3O2. The topological polar surface area (TPSA) is 87.7 Å². The number of phenolic OH excluding ortho intramolecular Hbond substituents is 1. The molecule has 20 heavy (non-hydrogen) atoms. The van der Waals surface area contributed by atoms with Crippen LogP contribution in [-0.2, 0) is 0 Å². The van der Waals surface area contributed by atoms with E-state index in [0.29, 0.717) is 16.3 Å². The molecule has 1 amide bonds. The Morgan fingerprint density at radius 2 is 2.05 bits per heavy atom. The van der Waals surface area contributed by atoms with Gasteiger partial charge in [-0.05, 0) is 30.3 Å². The summed E-state index contributed by atoms with van der Waals surface area (Å²) in [5.41, 5.74) is 9.28. The van der Waals surface area contributed by atoms with Gasteiger partial charge in [-0.25, -0.2) is 5.43 Å². The highest BCUT2D eigenvalue weighted by Crippen LogP contribution is 2.16. The number of nitrogen functional groups attached to an aromatic ring is 1. The standard InChI is InChI=1S/C14H12ClN3O2/c15-10-5-6-12(16)9(7-10)8-17-18-14(20)11-3-1-2-4-13(11)19/h1-8,19H,16H2,(H,18,20)/b17-8-. The van der Waals surface area contributed by atoms with Crippen molar-refractivity contribution in [2.45, 2.75) is 0 Å². The zero-order chi connectivity index (χ0) is 14.5. The molecule has 102 valence electrons. The summed E-state index contributed by atoms with van der Waals surface area (Å²) in [7, 11) is 0. The number of anilines is 1. The van der Waals surface area contributed by atoms with Gasteiger partial charge in [-0.3, -0.25) is 4.79 Å². The first-order valence-corrected chi connectivity index (χ1v) is 6.12. The van der Waals surface area contributed by atoms with E-state index in [9.17, 15) is 9.90 Å². The molecule has 0 radical (unpaired) electrons. The van der Waals surface area contributed by atoms with Crippen LogP contribution in [0.5, 0.6) is 5.75 Å². The van der Waals surface area contributed by atoms with Crippen molar-refractivity contribution in [2.24, 2.45) is 5.10 Å². The highest BCUT2D eigenvalue weighted by molar-refractivity contribution is 6.31. The van der Waals surface area contributed by atoms with E-state index in [1.54, 1.807) is 30.3 Å². The summed E-state index contributed by atoms with van der Waals surface area (Å²) in [6.45, 7) is 0. The number of phenols is 1. The first-order chi connectivity index (χ1) is 9.58. The molecule has 0 saturated carbocycles. The smallest absolute Gasteiger partial charge is 0.275 e. The van der Waals surface area contributed by atoms with Gasteiger partial charge in [0.15, 0.2) is 0 Å². The van der Waals surface area contributed by atoms with Crippen molar-refractivity contribution in [2.75, 3.05) is 5.73 Å². The Labute approximate surface area is 120 Å². The summed E-state index contributed by atoms with van der Waals surface area (Å²) in [6.07, 6.45) is 1.39. The molecule has 0 aliphatic carbocycles. The van der Waals surface area contributed by atoms with Gasteiger partial charge in [0.1, 0.15) is 5.75 Å². The molecule has 0 fully saturated rings. The lowest BCUT2D eigenvalue weighted by Gasteiger charge is -2.03. The van der Waals surface area contributed by atoms with Crippen LogP contribution >= 0.6 is 11.6 Å². The molecule has 0 aliphatic heterocycles. The maximum atomic E-state index is 11.8. The Bertz CT molecular complexity index is 671. The molecule has 2 aromatic carbocycles. The van der Waals surface area contributed by atoms with Crippen molar-refractivity contribution in [3.8, 4) is 5.75 Å². The van der Waals surface area contributed by atoms with Crippen molar-refractivity contribution >= 4 is 29.4 Å². The van der Waals surface area contributed by atoms with Gasteiger partial charge in [-0.15, -0.1) is 0 Å². The van der Waals surface area contributed by atoms with Crippen LogP contribution in [0, 0.1) is 0 Å². The number of hydrogen-bond donors (Lipinski definition) is 3. The number of aromatic hydroxyl groups is 1. The van der Waals surface area contributed by atoms with Gasteiger partial charge in [-0.1, -0.05) is 23.7 Å². The first-order valence-electron chi connectivity index (χ1n) is 5.74. The second-order valence-corrected chi connectivity index (χ2v) is 4.43. The summed E-state index contributed by atoms with van der Waals surface area (Å²) in [5, 5.41) is 13.8. The lowest BCUT2D eigenvalue weighted by Crippen LogP contribution is -2.17. The average Bonchev–Trinajstić information content (AvgIpc) is 2.43. The fourth-order valence-corrected chi connectivity index (χ4v) is 1.72. The van der Waals surface area contributed by atoms with Crippen LogP contribution in [0.1, 0.15) is 15.9 Å². The second kappa shape index (κ2) is 6.08. The number of amides is 1. The molecule has 0 heterocycles. The van der Waals surface area contributed by atoms with Crippen LogP contribution in [0.15, 0.2) is 47.6 Å². The van der Waals surface area contributed by atoms with Crippen molar-refractivity contribution in [3.63, 3.8) is 0 Å². The number of nitrogens with one attached hydrogen (secondary N) is 1. The number of rotatable bonds is 3. The van der Waals surface area contributed by atoms with E-state index < -0.39 is 5.91 Å². The number of nitrogens with two attached hydrogens (primary N) is 1. The van der Waals surface area contributed by atoms with Gasteiger partial charge >= 0.3 is 0 Å². The van der Waals surface area contributed by atoms with Crippen molar-refractivity contribution < 1.29 is 9.90 Å². The lowest BCUT2D eigenvalue weighted by molar-refractivity contribution is 0.0952. The SMILES string of the molecule is Nc1ccc(Cl)cc1/C=N\NC(=O)c1ccccc1O. The summed E-state index contributed by atoms with van der Waals surface area (Å²) in [5.74, 6) is -0.623. The van der Waals surface area contributed by atoms with Gasteiger partial charge in [0.05, 0.1) is 11.8 Å². The first kappa shape index (κ1) is 13.9. The fourth-order valence-electron chi connectivity index (χ4n) is 1.54. The Morgan fingerprint density at radius 1 is 1.30 bits per heavy atom. The molecule has 0 aliphatic rings. The molecule has 6 heteroatoms. The largest absolute Gasteiger partial charge is 0.507 e. The van der Waals surface area contributed by atoms with Crippen LogP contribution in [0.4, 0.5) is 5.69 Å². The Balaban J connectivity index is 2.09. The average molecular weight is 290 g/mol. The quantitative estimate of drug-likeness (QED) is 0.460. The van der Waals surface area contributed by atoms with Gasteiger partial charge in [-0.2, -0.15) is 5.10 Å². The van der Waals surface area contributed by atoms with E-state index in [0.717, 1.165) is 0 Å². The van der Waals surface area contributed by atoms with Gasteiger partial charge < -0.3 is 10.8 Å². The normalized spacial score (nSPS) is 10.7. The molecular weight excluding hydrogens is 278 g/mol. The number of para-hydroxylation sites is 1. The van der Waals surface area contributed by atoms with E-state index in [1.807, 2.05) is 0 Å². The highest BCUT2D eigenvalue weighted by Gasteiger charge is 2.08. The van der Waals surface area contributed by atoms with Crippen LogP contribution in [-0.4, -0.2) is 17.2 Å². The van der Waals surface area contributed by atoms with Gasteiger partial charge in [0.2, 0.25) is 0 Å². The van der Waals surface area contributed by atoms with Crippen LogP contribution in [0.3, 0.4) is 0 Å². The molecule has 2 rings (SSSR count). The molecule has 4 N–H and O–H groups in total. The Morgan fingerprint density at radius 3 is 2.80 bits per heavy atom. The molecule has 5 nitrogen and oxygen atoms in total. The number of carbonyl (C=O) groups is 1. The highest BCUT2D eigenvalue weighted by atomic mass is 35.5. The molecule has 0 bridgehead atoms. The van der Waals surface area contributed by atoms with E-state index in [-0.39, 0.29) is 11.3 Å². The van der Waals surface area contributed by atoms with Crippen molar-refractivity contribution in [1.29, 1.82) is 0 Å². The van der Waals surface area contributed by atoms with Crippen molar-refractivity contribution in [3.05, 3.63) is 58.6 Å². The van der Waals surface area contributed by atoms with E-state index >= 15 is 0 Å². The Kier molecular flexibility index (Phi) is 4.22. The lowest BCUT2D eigenvalue weighted by atomic mass is 10.2. The third kappa shape index (κ3) is 3.27. The van der Waals surface area contributed by atoms with E-state index in [2.05, 4.69) is 10.5 Å². The molecule has 0 spiro atoms. The van der Waals surface area contributed by atoms with Crippen LogP contribution in [0.25, 0.3) is 0 Å². The maximum Gasteiger partial charge on any atom is 0.275 e. The molecule has 0 unspecified atom stereocenters. The number of hydrogen-bond acceptors (Lipinski definition) is 4. The van der Waals surface area contributed by atoms with Gasteiger partial charge in [0.25, 0.3) is 5.91 Å². The zero-order valence-corrected chi connectivity index (χ0v) is 11.1. The Hall–Kier alpha value is -2.53. The molecule has 0 aromatic heterocycles. The third-order valence-corrected chi connectivity index (χ3v) is 2.80.